The molecule has 0 saturated carbocycles. The summed E-state index contributed by atoms with van der Waals surface area (Å²) in [4.78, 5) is 35.6. The van der Waals surface area contributed by atoms with Gasteiger partial charge in [-0.1, -0.05) is 0 Å². The van der Waals surface area contributed by atoms with Crippen LogP contribution in [0.5, 0.6) is 0 Å². The van der Waals surface area contributed by atoms with Crippen molar-refractivity contribution in [1.82, 2.24) is 19.2 Å². The van der Waals surface area contributed by atoms with Crippen molar-refractivity contribution in [2.45, 2.75) is 32.7 Å². The highest BCUT2D eigenvalue weighted by Crippen LogP contribution is 2.40. The molecule has 2 fully saturated rings. The molecule has 1 spiro atoms. The molecule has 1 N–H and O–H groups in total. The van der Waals surface area contributed by atoms with Gasteiger partial charge in [0.15, 0.2) is 4.96 Å². The number of aromatic nitrogens is 2. The predicted octanol–water partition coefficient (Wildman–Crippen LogP) is 0.871. The average Bonchev–Trinajstić information content (AvgIpc) is 3.16. The van der Waals surface area contributed by atoms with Crippen LogP contribution in [0.25, 0.3) is 4.96 Å². The highest BCUT2D eigenvalue weighted by molar-refractivity contribution is 7.16. The van der Waals surface area contributed by atoms with Crippen molar-refractivity contribution in [3.63, 3.8) is 0 Å². The molecule has 2 aliphatic rings. The summed E-state index contributed by atoms with van der Waals surface area (Å²) in [5.74, 6) is 0.178. The number of amides is 1. The van der Waals surface area contributed by atoms with Crippen LogP contribution >= 0.6 is 11.3 Å². The molecule has 2 saturated heterocycles. The van der Waals surface area contributed by atoms with Crippen LogP contribution in [0.4, 0.5) is 0 Å². The standard InChI is InChI=1S/C18H24N4O3S/c1-13-10-22-15(24)9-14(19-17(22)26-13)11-20-6-4-18(12-20)3-2-5-21(7-8-23)16(18)25/h9-10,23H,2-8,11-12H2,1H3/t18-/m0/s1. The largest absolute Gasteiger partial charge is 0.395 e. The van der Waals surface area contributed by atoms with E-state index >= 15 is 0 Å². The minimum Gasteiger partial charge on any atom is -0.395 e. The number of fused-ring (bicyclic) bond motifs is 1. The smallest absolute Gasteiger partial charge is 0.258 e. The molecule has 7 nitrogen and oxygen atoms in total. The Hall–Kier alpha value is -1.77. The monoisotopic (exact) mass is 376 g/mol. The second-order valence-corrected chi connectivity index (χ2v) is 8.65. The van der Waals surface area contributed by atoms with Crippen molar-refractivity contribution in [3.8, 4) is 0 Å². The second-order valence-electron chi connectivity index (χ2n) is 7.44. The SMILES string of the molecule is Cc1cn2c(=O)cc(CN3CC[C@@]4(CCCN(CCO)C4=O)C3)nc2s1. The van der Waals surface area contributed by atoms with Gasteiger partial charge in [-0.05, 0) is 32.7 Å². The number of hydrogen-bond acceptors (Lipinski definition) is 6. The number of aryl methyl sites for hydroxylation is 1. The fraction of sp³-hybridized carbons (Fsp3) is 0.611. The Kier molecular flexibility index (Phi) is 4.58. The van der Waals surface area contributed by atoms with Crippen LogP contribution in [-0.2, 0) is 11.3 Å². The molecule has 4 rings (SSSR count). The van der Waals surface area contributed by atoms with Crippen molar-refractivity contribution in [1.29, 1.82) is 0 Å². The zero-order chi connectivity index (χ0) is 18.3. The molecule has 26 heavy (non-hydrogen) atoms. The first-order valence-electron chi connectivity index (χ1n) is 9.12. The van der Waals surface area contributed by atoms with Crippen molar-refractivity contribution >= 4 is 22.2 Å². The number of hydrogen-bond donors (Lipinski definition) is 1. The summed E-state index contributed by atoms with van der Waals surface area (Å²) in [5, 5.41) is 9.19. The summed E-state index contributed by atoms with van der Waals surface area (Å²) in [6.45, 7) is 5.29. The van der Waals surface area contributed by atoms with Crippen LogP contribution in [0.15, 0.2) is 17.1 Å². The fourth-order valence-corrected chi connectivity index (χ4v) is 5.18. The van der Waals surface area contributed by atoms with Gasteiger partial charge in [0, 0.05) is 43.3 Å². The lowest BCUT2D eigenvalue weighted by molar-refractivity contribution is -0.146. The Bertz CT molecular complexity index is 890. The summed E-state index contributed by atoms with van der Waals surface area (Å²) >= 11 is 1.51. The van der Waals surface area contributed by atoms with Crippen molar-refractivity contribution in [2.24, 2.45) is 5.41 Å². The molecule has 4 heterocycles. The molecule has 2 aromatic rings. The van der Waals surface area contributed by atoms with Crippen molar-refractivity contribution in [3.05, 3.63) is 33.2 Å². The highest BCUT2D eigenvalue weighted by Gasteiger charge is 2.48. The molecule has 0 bridgehead atoms. The van der Waals surface area contributed by atoms with Gasteiger partial charge in [0.25, 0.3) is 5.56 Å². The Morgan fingerprint density at radius 1 is 1.31 bits per heavy atom. The van der Waals surface area contributed by atoms with Crippen LogP contribution in [0.2, 0.25) is 0 Å². The van der Waals surface area contributed by atoms with Crippen LogP contribution < -0.4 is 5.56 Å². The van der Waals surface area contributed by atoms with Gasteiger partial charge < -0.3 is 10.0 Å². The maximum Gasteiger partial charge on any atom is 0.258 e. The van der Waals surface area contributed by atoms with E-state index in [-0.39, 0.29) is 23.5 Å². The number of likely N-dealkylation sites (tertiary alicyclic amines) is 2. The number of carbonyl (C=O) groups excluding carboxylic acids is 1. The van der Waals surface area contributed by atoms with Crippen molar-refractivity contribution in [2.75, 3.05) is 32.8 Å². The van der Waals surface area contributed by atoms with E-state index < -0.39 is 0 Å². The first-order chi connectivity index (χ1) is 12.5. The molecular weight excluding hydrogens is 352 g/mol. The maximum absolute atomic E-state index is 12.9. The molecule has 0 radical (unpaired) electrons. The van der Waals surface area contributed by atoms with Gasteiger partial charge in [-0.2, -0.15) is 0 Å². The van der Waals surface area contributed by atoms with Crippen LogP contribution in [-0.4, -0.2) is 63.0 Å². The van der Waals surface area contributed by atoms with E-state index in [0.29, 0.717) is 19.6 Å². The van der Waals surface area contributed by atoms with Gasteiger partial charge >= 0.3 is 0 Å². The number of aliphatic hydroxyl groups excluding tert-OH is 1. The number of β-amino-alcohol motifs (C(OH)–C–C–N with tert-alkyl or cyclic N) is 1. The summed E-state index contributed by atoms with van der Waals surface area (Å²) in [6, 6.07) is 1.60. The third-order valence-corrected chi connectivity index (χ3v) is 6.45. The number of piperidine rings is 1. The topological polar surface area (TPSA) is 78.1 Å². The Labute approximate surface area is 155 Å². The minimum absolute atomic E-state index is 0.0135. The Morgan fingerprint density at radius 2 is 2.15 bits per heavy atom. The Balaban J connectivity index is 1.51. The van der Waals surface area contributed by atoms with E-state index in [2.05, 4.69) is 9.88 Å². The highest BCUT2D eigenvalue weighted by atomic mass is 32.1. The third kappa shape index (κ3) is 3.06. The van der Waals surface area contributed by atoms with Gasteiger partial charge in [-0.25, -0.2) is 4.98 Å². The summed E-state index contributed by atoms with van der Waals surface area (Å²) in [6.07, 6.45) is 4.55. The van der Waals surface area contributed by atoms with E-state index in [4.69, 9.17) is 0 Å². The maximum atomic E-state index is 12.9. The van der Waals surface area contributed by atoms with Gasteiger partial charge in [-0.3, -0.25) is 18.9 Å². The van der Waals surface area contributed by atoms with Crippen molar-refractivity contribution < 1.29 is 9.90 Å². The number of thiazole rings is 1. The number of rotatable bonds is 4. The van der Waals surface area contributed by atoms with Crippen LogP contribution in [0.1, 0.15) is 29.8 Å². The van der Waals surface area contributed by atoms with Gasteiger partial charge in [-0.15, -0.1) is 11.3 Å². The lowest BCUT2D eigenvalue weighted by Crippen LogP contribution is -2.50. The molecule has 1 atom stereocenters. The zero-order valence-corrected chi connectivity index (χ0v) is 15.8. The molecule has 0 aliphatic carbocycles. The lowest BCUT2D eigenvalue weighted by atomic mass is 9.78. The van der Waals surface area contributed by atoms with Gasteiger partial charge in [0.2, 0.25) is 5.91 Å². The van der Waals surface area contributed by atoms with E-state index in [1.54, 1.807) is 15.4 Å². The first kappa shape index (κ1) is 17.6. The molecule has 8 heteroatoms. The molecule has 2 aliphatic heterocycles. The van der Waals surface area contributed by atoms with Crippen LogP contribution in [0, 0.1) is 12.3 Å². The first-order valence-corrected chi connectivity index (χ1v) is 9.94. The summed E-state index contributed by atoms with van der Waals surface area (Å²) in [7, 11) is 0. The third-order valence-electron chi connectivity index (χ3n) is 5.55. The van der Waals surface area contributed by atoms with E-state index in [0.717, 1.165) is 47.9 Å². The van der Waals surface area contributed by atoms with Gasteiger partial charge in [0.1, 0.15) is 0 Å². The zero-order valence-electron chi connectivity index (χ0n) is 15.0. The van der Waals surface area contributed by atoms with E-state index in [1.807, 2.05) is 13.1 Å². The predicted molar refractivity (Wildman–Crippen MR) is 99.3 cm³/mol. The van der Waals surface area contributed by atoms with E-state index in [9.17, 15) is 14.7 Å². The quantitative estimate of drug-likeness (QED) is 0.857. The molecule has 1 amide bonds. The summed E-state index contributed by atoms with van der Waals surface area (Å²) in [5.41, 5.74) is 0.391. The second kappa shape index (κ2) is 6.75. The minimum atomic E-state index is -0.327. The molecule has 0 unspecified atom stereocenters. The molecule has 140 valence electrons. The van der Waals surface area contributed by atoms with Gasteiger partial charge in [0.05, 0.1) is 17.7 Å². The number of aliphatic hydroxyl groups is 1. The average molecular weight is 376 g/mol. The molecule has 0 aromatic carbocycles. The summed E-state index contributed by atoms with van der Waals surface area (Å²) < 4.78 is 1.59. The lowest BCUT2D eigenvalue weighted by Gasteiger charge is -2.39. The normalized spacial score (nSPS) is 24.2. The number of nitrogens with zero attached hydrogens (tertiary/aromatic N) is 4. The Morgan fingerprint density at radius 3 is 2.96 bits per heavy atom. The number of carbonyl (C=O) groups is 1. The van der Waals surface area contributed by atoms with E-state index in [1.165, 1.54) is 11.3 Å². The molecule has 2 aromatic heterocycles. The molecular formula is C18H24N4O3S. The fourth-order valence-electron chi connectivity index (χ4n) is 4.33. The van der Waals surface area contributed by atoms with Crippen LogP contribution in [0.3, 0.4) is 0 Å².